The Balaban J connectivity index is 1.28. The summed E-state index contributed by atoms with van der Waals surface area (Å²) in [5, 5.41) is 6.63. The first kappa shape index (κ1) is 22.1. The molecule has 4 nitrogen and oxygen atoms in total. The maximum atomic E-state index is 12.2. The number of anilines is 1. The van der Waals surface area contributed by atoms with Crippen LogP contribution in [0.3, 0.4) is 0 Å². The Kier molecular flexibility index (Phi) is 7.20. The number of benzene rings is 3. The fraction of sp³-hybridized carbons (Fsp3) is 0.154. The van der Waals surface area contributed by atoms with Crippen LogP contribution in [0, 0.1) is 6.92 Å². The number of carbonyl (C=O) groups excluding carboxylic acids is 1. The summed E-state index contributed by atoms with van der Waals surface area (Å²) in [6, 6.07) is 23.3. The Morgan fingerprint density at radius 2 is 1.72 bits per heavy atom. The summed E-state index contributed by atoms with van der Waals surface area (Å²) in [6.45, 7) is 2.52. The molecule has 1 heterocycles. The molecular formula is C26H23ClN2O2S. The van der Waals surface area contributed by atoms with Crippen molar-refractivity contribution in [3.8, 4) is 27.6 Å². The minimum Gasteiger partial charge on any atom is -0.493 e. The number of carbonyl (C=O) groups is 1. The second kappa shape index (κ2) is 10.4. The van der Waals surface area contributed by atoms with Gasteiger partial charge in [-0.1, -0.05) is 54.1 Å². The predicted octanol–water partition coefficient (Wildman–Crippen LogP) is 7.24. The molecule has 1 N–H and O–H groups in total. The molecule has 0 aliphatic carbocycles. The number of aromatic nitrogens is 1. The molecule has 0 fully saturated rings. The summed E-state index contributed by atoms with van der Waals surface area (Å²) < 4.78 is 5.75. The van der Waals surface area contributed by atoms with Crippen LogP contribution < -0.4 is 10.1 Å². The first-order chi connectivity index (χ1) is 15.6. The van der Waals surface area contributed by atoms with E-state index in [2.05, 4.69) is 5.32 Å². The van der Waals surface area contributed by atoms with Crippen molar-refractivity contribution in [2.24, 2.45) is 0 Å². The van der Waals surface area contributed by atoms with Gasteiger partial charge >= 0.3 is 0 Å². The van der Waals surface area contributed by atoms with Gasteiger partial charge in [0.05, 0.1) is 12.3 Å². The second-order valence-corrected chi connectivity index (χ2v) is 8.68. The van der Waals surface area contributed by atoms with Crippen LogP contribution in [0.15, 0.2) is 78.2 Å². The molecule has 1 aromatic heterocycles. The monoisotopic (exact) mass is 462 g/mol. The molecule has 0 spiro atoms. The van der Waals surface area contributed by atoms with E-state index < -0.39 is 0 Å². The fourth-order valence-corrected chi connectivity index (χ4v) is 4.17. The third-order valence-corrected chi connectivity index (χ3v) is 6.10. The van der Waals surface area contributed by atoms with E-state index in [0.29, 0.717) is 24.5 Å². The number of hydrogen-bond donors (Lipinski definition) is 1. The van der Waals surface area contributed by atoms with Crippen LogP contribution in [-0.2, 0) is 4.79 Å². The van der Waals surface area contributed by atoms with Gasteiger partial charge in [-0.3, -0.25) is 4.79 Å². The molecule has 162 valence electrons. The smallest absolute Gasteiger partial charge is 0.224 e. The largest absolute Gasteiger partial charge is 0.493 e. The lowest BCUT2D eigenvalue weighted by molar-refractivity contribution is -0.116. The summed E-state index contributed by atoms with van der Waals surface area (Å²) >= 11 is 7.56. The van der Waals surface area contributed by atoms with Gasteiger partial charge in [0.15, 0.2) is 0 Å². The molecule has 0 radical (unpaired) electrons. The van der Waals surface area contributed by atoms with Gasteiger partial charge in [0, 0.05) is 33.6 Å². The zero-order valence-corrected chi connectivity index (χ0v) is 19.2. The highest BCUT2D eigenvalue weighted by atomic mass is 35.5. The van der Waals surface area contributed by atoms with Crippen molar-refractivity contribution in [3.05, 3.63) is 88.8 Å². The maximum absolute atomic E-state index is 12.2. The molecule has 0 bridgehead atoms. The number of aryl methyl sites for hydroxylation is 1. The number of amides is 1. The molecule has 4 rings (SSSR count). The summed E-state index contributed by atoms with van der Waals surface area (Å²) in [7, 11) is 0. The molecule has 4 aromatic rings. The summed E-state index contributed by atoms with van der Waals surface area (Å²) in [5.74, 6) is 0.842. The van der Waals surface area contributed by atoms with Crippen LogP contribution in [0.4, 0.5) is 5.69 Å². The highest BCUT2D eigenvalue weighted by molar-refractivity contribution is 7.13. The molecule has 6 heteroatoms. The van der Waals surface area contributed by atoms with Crippen molar-refractivity contribution < 1.29 is 9.53 Å². The second-order valence-electron chi connectivity index (χ2n) is 7.39. The van der Waals surface area contributed by atoms with Gasteiger partial charge in [0.2, 0.25) is 5.91 Å². The van der Waals surface area contributed by atoms with E-state index in [9.17, 15) is 4.79 Å². The number of halogens is 1. The van der Waals surface area contributed by atoms with Gasteiger partial charge < -0.3 is 10.1 Å². The zero-order chi connectivity index (χ0) is 22.3. The molecule has 0 aliphatic heterocycles. The number of hydrogen-bond acceptors (Lipinski definition) is 4. The van der Waals surface area contributed by atoms with Crippen LogP contribution >= 0.6 is 22.9 Å². The van der Waals surface area contributed by atoms with Gasteiger partial charge in [-0.25, -0.2) is 4.98 Å². The first-order valence-electron chi connectivity index (χ1n) is 10.4. The Hall–Kier alpha value is -3.15. The molecular weight excluding hydrogens is 440 g/mol. The van der Waals surface area contributed by atoms with Crippen molar-refractivity contribution in [3.63, 3.8) is 0 Å². The van der Waals surface area contributed by atoms with E-state index in [-0.39, 0.29) is 5.91 Å². The topological polar surface area (TPSA) is 51.2 Å². The van der Waals surface area contributed by atoms with Crippen LogP contribution in [0.1, 0.15) is 18.4 Å². The van der Waals surface area contributed by atoms with Crippen LogP contribution in [0.2, 0.25) is 5.02 Å². The summed E-state index contributed by atoms with van der Waals surface area (Å²) in [4.78, 5) is 17.0. The Labute approximate surface area is 196 Å². The zero-order valence-electron chi connectivity index (χ0n) is 17.7. The first-order valence-corrected chi connectivity index (χ1v) is 11.6. The Bertz CT molecular complexity index is 1190. The minimum absolute atomic E-state index is 0.0233. The fourth-order valence-electron chi connectivity index (χ4n) is 3.21. The quantitative estimate of drug-likeness (QED) is 0.281. The number of para-hydroxylation sites is 1. The summed E-state index contributed by atoms with van der Waals surface area (Å²) in [6.07, 6.45) is 1.06. The minimum atomic E-state index is -0.0233. The van der Waals surface area contributed by atoms with Crippen molar-refractivity contribution in [1.29, 1.82) is 0 Å². The standard InChI is InChI=1S/C26H23ClN2O2S/c1-18-5-2-3-6-24(18)31-16-4-7-25(30)28-22-14-10-19(11-15-22)23-17-32-26(29-23)20-8-12-21(27)13-9-20/h2-3,5-6,8-15,17H,4,7,16H2,1H3,(H,28,30). The number of rotatable bonds is 8. The van der Waals surface area contributed by atoms with Gasteiger partial charge in [0.1, 0.15) is 10.8 Å². The lowest BCUT2D eigenvalue weighted by Gasteiger charge is -2.09. The number of ether oxygens (including phenoxy) is 1. The van der Waals surface area contributed by atoms with E-state index >= 15 is 0 Å². The molecule has 0 aliphatic rings. The molecule has 0 saturated carbocycles. The van der Waals surface area contributed by atoms with E-state index in [1.165, 1.54) is 0 Å². The third kappa shape index (κ3) is 5.75. The van der Waals surface area contributed by atoms with E-state index in [4.69, 9.17) is 21.3 Å². The average Bonchev–Trinajstić information content (AvgIpc) is 3.29. The molecule has 0 saturated heterocycles. The van der Waals surface area contributed by atoms with E-state index in [1.807, 2.05) is 85.1 Å². The lowest BCUT2D eigenvalue weighted by atomic mass is 10.1. The average molecular weight is 463 g/mol. The number of thiazole rings is 1. The van der Waals surface area contributed by atoms with Crippen molar-refractivity contribution >= 4 is 34.5 Å². The van der Waals surface area contributed by atoms with E-state index in [0.717, 1.165) is 38.8 Å². The van der Waals surface area contributed by atoms with E-state index in [1.54, 1.807) is 11.3 Å². The maximum Gasteiger partial charge on any atom is 0.224 e. The van der Waals surface area contributed by atoms with Crippen molar-refractivity contribution in [2.75, 3.05) is 11.9 Å². The normalized spacial score (nSPS) is 10.7. The molecule has 0 atom stereocenters. The lowest BCUT2D eigenvalue weighted by Crippen LogP contribution is -2.12. The SMILES string of the molecule is Cc1ccccc1OCCCC(=O)Nc1ccc(-c2csc(-c3ccc(Cl)cc3)n2)cc1. The number of nitrogens with zero attached hydrogens (tertiary/aromatic N) is 1. The highest BCUT2D eigenvalue weighted by Gasteiger charge is 2.08. The van der Waals surface area contributed by atoms with Crippen LogP contribution in [0.25, 0.3) is 21.8 Å². The van der Waals surface area contributed by atoms with Crippen LogP contribution in [0.5, 0.6) is 5.75 Å². The molecule has 32 heavy (non-hydrogen) atoms. The van der Waals surface area contributed by atoms with Gasteiger partial charge in [-0.15, -0.1) is 11.3 Å². The van der Waals surface area contributed by atoms with Gasteiger partial charge in [-0.2, -0.15) is 0 Å². The third-order valence-electron chi connectivity index (χ3n) is 4.96. The van der Waals surface area contributed by atoms with Crippen LogP contribution in [-0.4, -0.2) is 17.5 Å². The summed E-state index contributed by atoms with van der Waals surface area (Å²) in [5.41, 5.74) is 4.82. The van der Waals surface area contributed by atoms with Gasteiger partial charge in [-0.05, 0) is 49.2 Å². The highest BCUT2D eigenvalue weighted by Crippen LogP contribution is 2.30. The Morgan fingerprint density at radius 3 is 2.47 bits per heavy atom. The van der Waals surface area contributed by atoms with Gasteiger partial charge in [0.25, 0.3) is 0 Å². The number of nitrogens with one attached hydrogen (secondary N) is 1. The molecule has 0 unspecified atom stereocenters. The van der Waals surface area contributed by atoms with Crippen molar-refractivity contribution in [1.82, 2.24) is 4.98 Å². The Morgan fingerprint density at radius 1 is 1.00 bits per heavy atom. The molecule has 3 aromatic carbocycles. The molecule has 1 amide bonds. The predicted molar refractivity (Wildman–Crippen MR) is 133 cm³/mol. The van der Waals surface area contributed by atoms with Crippen molar-refractivity contribution in [2.45, 2.75) is 19.8 Å².